The van der Waals surface area contributed by atoms with E-state index in [9.17, 15) is 5.11 Å². The van der Waals surface area contributed by atoms with Crippen molar-refractivity contribution >= 4 is 22.7 Å². The van der Waals surface area contributed by atoms with Crippen LogP contribution in [-0.4, -0.2) is 37.0 Å². The van der Waals surface area contributed by atoms with Gasteiger partial charge in [0.05, 0.1) is 12.7 Å². The number of nitrogens with one attached hydrogen (secondary N) is 1. The monoisotopic (exact) mass is 330 g/mol. The summed E-state index contributed by atoms with van der Waals surface area (Å²) in [6.07, 6.45) is -0.587. The average molecular weight is 330 g/mol. The molecule has 0 aliphatic carbocycles. The minimum atomic E-state index is -0.854. The molecule has 1 atom stereocenters. The van der Waals surface area contributed by atoms with Crippen LogP contribution in [0, 0.1) is 0 Å². The zero-order valence-corrected chi connectivity index (χ0v) is 14.2. The molecule has 6 heteroatoms. The highest BCUT2D eigenvalue weighted by Crippen LogP contribution is 2.26. The zero-order valence-electron chi connectivity index (χ0n) is 14.2. The molecule has 0 saturated carbocycles. The van der Waals surface area contributed by atoms with Crippen LogP contribution in [0.2, 0.25) is 0 Å². The van der Waals surface area contributed by atoms with Crippen LogP contribution in [0.3, 0.4) is 0 Å². The molecular formula is C18H26N4O2. The second-order valence-corrected chi connectivity index (χ2v) is 6.04. The third-order valence-electron chi connectivity index (χ3n) is 4.01. The Kier molecular flexibility index (Phi) is 5.89. The first-order chi connectivity index (χ1) is 11.4. The number of aliphatic hydroxyl groups excluding tert-OH is 2. The number of benzene rings is 2. The fourth-order valence-electron chi connectivity index (χ4n) is 2.55. The van der Waals surface area contributed by atoms with Crippen LogP contribution in [0.15, 0.2) is 36.4 Å². The van der Waals surface area contributed by atoms with Gasteiger partial charge in [0, 0.05) is 49.8 Å². The second kappa shape index (κ2) is 7.90. The van der Waals surface area contributed by atoms with Crippen molar-refractivity contribution < 1.29 is 10.2 Å². The highest BCUT2D eigenvalue weighted by molar-refractivity contribution is 5.63. The van der Waals surface area contributed by atoms with Crippen LogP contribution in [-0.2, 0) is 13.0 Å². The van der Waals surface area contributed by atoms with Crippen LogP contribution in [0.25, 0.3) is 0 Å². The standard InChI is InChI=1S/C18H26N4O2/c1-22(2)13-5-3-12(4-6-13)21-10-16-15(9-14(24)11-23)17(19)7-8-18(16)20/h3-8,14,21,23-24H,9-11,19-20H2,1-2H3. The van der Waals surface area contributed by atoms with E-state index in [1.807, 2.05) is 43.3 Å². The molecule has 0 aliphatic rings. The van der Waals surface area contributed by atoms with Gasteiger partial charge >= 0.3 is 0 Å². The lowest BCUT2D eigenvalue weighted by Gasteiger charge is -2.18. The van der Waals surface area contributed by atoms with Crippen molar-refractivity contribution in [3.63, 3.8) is 0 Å². The molecular weight excluding hydrogens is 304 g/mol. The Balaban J connectivity index is 2.17. The van der Waals surface area contributed by atoms with Gasteiger partial charge in [-0.1, -0.05) is 0 Å². The quantitative estimate of drug-likeness (QED) is 0.492. The molecule has 2 aromatic rings. The minimum Gasteiger partial charge on any atom is -0.398 e. The van der Waals surface area contributed by atoms with E-state index in [1.165, 1.54) is 0 Å². The van der Waals surface area contributed by atoms with Gasteiger partial charge in [0.2, 0.25) is 0 Å². The van der Waals surface area contributed by atoms with Crippen LogP contribution in [0.5, 0.6) is 0 Å². The van der Waals surface area contributed by atoms with Crippen molar-refractivity contribution in [3.8, 4) is 0 Å². The van der Waals surface area contributed by atoms with Gasteiger partial charge < -0.3 is 31.9 Å². The molecule has 2 rings (SSSR count). The fraction of sp³-hybridized carbons (Fsp3) is 0.333. The van der Waals surface area contributed by atoms with E-state index in [1.54, 1.807) is 12.1 Å². The van der Waals surface area contributed by atoms with Gasteiger partial charge in [-0.2, -0.15) is 0 Å². The van der Waals surface area contributed by atoms with Crippen LogP contribution < -0.4 is 21.7 Å². The Morgan fingerprint density at radius 1 is 1.00 bits per heavy atom. The number of nitrogens with two attached hydrogens (primary N) is 2. The Bertz CT molecular complexity index is 671. The molecule has 7 N–H and O–H groups in total. The third kappa shape index (κ3) is 4.31. The maximum absolute atomic E-state index is 9.75. The van der Waals surface area contributed by atoms with E-state index in [4.69, 9.17) is 16.6 Å². The summed E-state index contributed by atoms with van der Waals surface area (Å²) >= 11 is 0. The van der Waals surface area contributed by atoms with Gasteiger partial charge in [0.25, 0.3) is 0 Å². The molecule has 0 aliphatic heterocycles. The SMILES string of the molecule is CN(C)c1ccc(NCc2c(N)ccc(N)c2CC(O)CO)cc1. The number of aliphatic hydroxyl groups is 2. The van der Waals surface area contributed by atoms with E-state index < -0.39 is 6.10 Å². The van der Waals surface area contributed by atoms with Crippen molar-refractivity contribution in [2.45, 2.75) is 19.1 Å². The van der Waals surface area contributed by atoms with Gasteiger partial charge in [-0.25, -0.2) is 0 Å². The van der Waals surface area contributed by atoms with Gasteiger partial charge in [0.15, 0.2) is 0 Å². The molecule has 0 saturated heterocycles. The smallest absolute Gasteiger partial charge is 0.0812 e. The lowest BCUT2D eigenvalue weighted by Crippen LogP contribution is -2.19. The lowest BCUT2D eigenvalue weighted by atomic mass is 9.98. The summed E-state index contributed by atoms with van der Waals surface area (Å²) in [7, 11) is 3.99. The molecule has 0 heterocycles. The summed E-state index contributed by atoms with van der Waals surface area (Å²) in [5, 5.41) is 22.2. The molecule has 0 bridgehead atoms. The van der Waals surface area contributed by atoms with Gasteiger partial charge in [-0.05, 0) is 47.5 Å². The lowest BCUT2D eigenvalue weighted by molar-refractivity contribution is 0.0955. The first kappa shape index (κ1) is 17.9. The van der Waals surface area contributed by atoms with E-state index in [2.05, 4.69) is 5.32 Å². The molecule has 24 heavy (non-hydrogen) atoms. The largest absolute Gasteiger partial charge is 0.398 e. The highest BCUT2D eigenvalue weighted by Gasteiger charge is 2.14. The van der Waals surface area contributed by atoms with E-state index in [0.717, 1.165) is 22.5 Å². The van der Waals surface area contributed by atoms with E-state index in [0.29, 0.717) is 17.9 Å². The topological polar surface area (TPSA) is 108 Å². The molecule has 0 spiro atoms. The summed E-state index contributed by atoms with van der Waals surface area (Å²) in [4.78, 5) is 2.04. The Morgan fingerprint density at radius 3 is 2.12 bits per heavy atom. The molecule has 130 valence electrons. The molecule has 0 aromatic heterocycles. The predicted octanol–water partition coefficient (Wildman–Crippen LogP) is 1.42. The van der Waals surface area contributed by atoms with Crippen LogP contribution in [0.1, 0.15) is 11.1 Å². The zero-order chi connectivity index (χ0) is 17.7. The Morgan fingerprint density at radius 2 is 1.58 bits per heavy atom. The number of nitrogen functional groups attached to an aromatic ring is 2. The predicted molar refractivity (Wildman–Crippen MR) is 100 cm³/mol. The minimum absolute atomic E-state index is 0.268. The molecule has 0 radical (unpaired) electrons. The van der Waals surface area contributed by atoms with Crippen molar-refractivity contribution in [1.29, 1.82) is 0 Å². The summed E-state index contributed by atoms with van der Waals surface area (Å²) in [5.74, 6) is 0. The number of hydrogen-bond acceptors (Lipinski definition) is 6. The number of nitrogens with zero attached hydrogens (tertiary/aromatic N) is 1. The first-order valence-corrected chi connectivity index (χ1v) is 7.88. The summed E-state index contributed by atoms with van der Waals surface area (Å²) in [5.41, 5.74) is 17.0. The van der Waals surface area contributed by atoms with Gasteiger partial charge in [-0.3, -0.25) is 0 Å². The molecule has 0 amide bonds. The normalized spacial score (nSPS) is 12.0. The molecule has 1 unspecified atom stereocenters. The number of hydrogen-bond donors (Lipinski definition) is 5. The van der Waals surface area contributed by atoms with Crippen LogP contribution >= 0.6 is 0 Å². The second-order valence-electron chi connectivity index (χ2n) is 6.04. The van der Waals surface area contributed by atoms with Crippen molar-refractivity contribution in [1.82, 2.24) is 0 Å². The number of rotatable bonds is 7. The number of anilines is 4. The maximum atomic E-state index is 9.75. The van der Waals surface area contributed by atoms with Crippen molar-refractivity contribution in [2.24, 2.45) is 0 Å². The summed E-state index contributed by atoms with van der Waals surface area (Å²) in [6.45, 7) is 0.179. The fourth-order valence-corrected chi connectivity index (χ4v) is 2.55. The molecule has 0 fully saturated rings. The Hall–Kier alpha value is -2.44. The Labute approximate surface area is 142 Å². The van der Waals surface area contributed by atoms with E-state index in [-0.39, 0.29) is 13.0 Å². The van der Waals surface area contributed by atoms with Crippen LogP contribution in [0.4, 0.5) is 22.7 Å². The van der Waals surface area contributed by atoms with Crippen molar-refractivity contribution in [3.05, 3.63) is 47.5 Å². The summed E-state index contributed by atoms with van der Waals surface area (Å²) in [6, 6.07) is 11.5. The maximum Gasteiger partial charge on any atom is 0.0812 e. The van der Waals surface area contributed by atoms with Gasteiger partial charge in [-0.15, -0.1) is 0 Å². The molecule has 2 aromatic carbocycles. The van der Waals surface area contributed by atoms with Gasteiger partial charge in [0.1, 0.15) is 0 Å². The first-order valence-electron chi connectivity index (χ1n) is 7.88. The third-order valence-corrected chi connectivity index (χ3v) is 4.01. The molecule has 6 nitrogen and oxygen atoms in total. The van der Waals surface area contributed by atoms with E-state index >= 15 is 0 Å². The van der Waals surface area contributed by atoms with Crippen molar-refractivity contribution in [2.75, 3.05) is 42.4 Å². The average Bonchev–Trinajstić information content (AvgIpc) is 2.57. The highest BCUT2D eigenvalue weighted by atomic mass is 16.3. The summed E-state index contributed by atoms with van der Waals surface area (Å²) < 4.78 is 0.